The Labute approximate surface area is 73.6 Å². The topological polar surface area (TPSA) is 70.8 Å². The molecule has 0 amide bonds. The molecule has 0 atom stereocenters. The number of aliphatic carboxylic acids is 1. The average Bonchev–Trinajstić information content (AvgIpc) is 2.44. The molecule has 0 aliphatic heterocycles. The molecule has 5 nitrogen and oxygen atoms in total. The largest absolute Gasteiger partial charge is 0.548 e. The van der Waals surface area contributed by atoms with Crippen molar-refractivity contribution in [3.8, 4) is 0 Å². The van der Waals surface area contributed by atoms with Gasteiger partial charge in [-0.3, -0.25) is 0 Å². The summed E-state index contributed by atoms with van der Waals surface area (Å²) >= 11 is 0. The molecule has 66 valence electrons. The van der Waals surface area contributed by atoms with E-state index in [4.69, 9.17) is 0 Å². The monoisotopic (exact) mass is 176 g/mol. The molecule has 0 saturated carbocycles. The van der Waals surface area contributed by atoms with Gasteiger partial charge in [-0.25, -0.2) is 0 Å². The number of benzene rings is 1. The molecule has 5 heteroatoms. The molecule has 0 bridgehead atoms. The summed E-state index contributed by atoms with van der Waals surface area (Å²) in [5.74, 6) is -1.19. The number of nitrogens with zero attached hydrogens (tertiary/aromatic N) is 3. The van der Waals surface area contributed by atoms with Crippen LogP contribution in [0.5, 0.6) is 0 Å². The van der Waals surface area contributed by atoms with Crippen LogP contribution in [0, 0.1) is 0 Å². The van der Waals surface area contributed by atoms with Crippen molar-refractivity contribution < 1.29 is 9.90 Å². The molecule has 0 radical (unpaired) electrons. The van der Waals surface area contributed by atoms with E-state index in [1.807, 2.05) is 12.1 Å². The first-order chi connectivity index (χ1) is 6.25. The number of aromatic nitrogens is 3. The minimum Gasteiger partial charge on any atom is -0.548 e. The van der Waals surface area contributed by atoms with Crippen molar-refractivity contribution in [2.24, 2.45) is 0 Å². The van der Waals surface area contributed by atoms with Crippen molar-refractivity contribution in [1.82, 2.24) is 15.0 Å². The molecule has 2 rings (SSSR count). The van der Waals surface area contributed by atoms with Gasteiger partial charge in [-0.2, -0.15) is 15.0 Å². The van der Waals surface area contributed by atoms with E-state index in [1.54, 1.807) is 12.1 Å². The van der Waals surface area contributed by atoms with Crippen LogP contribution in [0.4, 0.5) is 0 Å². The van der Waals surface area contributed by atoms with E-state index in [9.17, 15) is 9.90 Å². The lowest BCUT2D eigenvalue weighted by Crippen LogP contribution is -2.28. The lowest BCUT2D eigenvalue weighted by Gasteiger charge is -1.97. The maximum absolute atomic E-state index is 10.2. The summed E-state index contributed by atoms with van der Waals surface area (Å²) in [6.45, 7) is -0.311. The zero-order valence-electron chi connectivity index (χ0n) is 6.67. The minimum atomic E-state index is -1.19. The standard InChI is InChI=1S/C8H7N3O2/c12-8(13)5-11-9-6-3-1-2-4-7(6)10-11/h1-4H,5H2,(H,12,13)/p-1. The fraction of sp³-hybridized carbons (Fsp3) is 0.125. The summed E-state index contributed by atoms with van der Waals surface area (Å²) in [7, 11) is 0. The highest BCUT2D eigenvalue weighted by Gasteiger charge is 1.99. The van der Waals surface area contributed by atoms with Crippen LogP contribution >= 0.6 is 0 Å². The van der Waals surface area contributed by atoms with Crippen molar-refractivity contribution in [2.75, 3.05) is 0 Å². The van der Waals surface area contributed by atoms with Gasteiger partial charge in [0.15, 0.2) is 0 Å². The van der Waals surface area contributed by atoms with Crippen LogP contribution in [-0.2, 0) is 11.3 Å². The molecule has 0 saturated heterocycles. The van der Waals surface area contributed by atoms with Crippen molar-refractivity contribution in [1.29, 1.82) is 0 Å². The van der Waals surface area contributed by atoms with Gasteiger partial charge in [0.25, 0.3) is 0 Å². The Morgan fingerprint density at radius 2 is 1.85 bits per heavy atom. The van der Waals surface area contributed by atoms with Crippen molar-refractivity contribution in [2.45, 2.75) is 6.54 Å². The molecule has 0 N–H and O–H groups in total. The van der Waals surface area contributed by atoms with Crippen LogP contribution in [0.2, 0.25) is 0 Å². The van der Waals surface area contributed by atoms with Gasteiger partial charge in [-0.1, -0.05) is 12.1 Å². The van der Waals surface area contributed by atoms with Crippen LogP contribution in [0.15, 0.2) is 24.3 Å². The Balaban J connectivity index is 2.44. The third-order valence-electron chi connectivity index (χ3n) is 1.60. The lowest BCUT2D eigenvalue weighted by molar-refractivity contribution is -0.306. The first kappa shape index (κ1) is 7.72. The second-order valence-electron chi connectivity index (χ2n) is 2.59. The quantitative estimate of drug-likeness (QED) is 0.599. The maximum atomic E-state index is 10.2. The second kappa shape index (κ2) is 2.85. The number of hydrogen-bond donors (Lipinski definition) is 0. The number of carbonyl (C=O) groups is 1. The molecule has 0 aliphatic rings. The number of carboxylic acids is 1. The van der Waals surface area contributed by atoms with E-state index >= 15 is 0 Å². The van der Waals surface area contributed by atoms with Crippen molar-refractivity contribution in [3.05, 3.63) is 24.3 Å². The van der Waals surface area contributed by atoms with E-state index in [0.717, 1.165) is 4.80 Å². The smallest absolute Gasteiger partial charge is 0.113 e. The van der Waals surface area contributed by atoms with Crippen LogP contribution in [0.1, 0.15) is 0 Å². The first-order valence-electron chi connectivity index (χ1n) is 3.75. The Morgan fingerprint density at radius 3 is 2.31 bits per heavy atom. The molecule has 13 heavy (non-hydrogen) atoms. The third-order valence-corrected chi connectivity index (χ3v) is 1.60. The molecule has 1 aromatic carbocycles. The minimum absolute atomic E-state index is 0.311. The predicted molar refractivity (Wildman–Crippen MR) is 42.5 cm³/mol. The summed E-state index contributed by atoms with van der Waals surface area (Å²) in [5.41, 5.74) is 1.37. The van der Waals surface area contributed by atoms with Gasteiger partial charge < -0.3 is 9.90 Å². The van der Waals surface area contributed by atoms with E-state index < -0.39 is 5.97 Å². The normalized spacial score (nSPS) is 10.5. The molecule has 0 aliphatic carbocycles. The third kappa shape index (κ3) is 1.48. The molecule has 1 heterocycles. The number of carboxylic acid groups (broad SMARTS) is 1. The number of rotatable bonds is 2. The van der Waals surface area contributed by atoms with Gasteiger partial charge in [0.05, 0.1) is 5.97 Å². The molecular weight excluding hydrogens is 170 g/mol. The van der Waals surface area contributed by atoms with Gasteiger partial charge in [-0.05, 0) is 12.1 Å². The van der Waals surface area contributed by atoms with Crippen LogP contribution in [-0.4, -0.2) is 21.0 Å². The first-order valence-corrected chi connectivity index (χ1v) is 3.75. The highest BCUT2D eigenvalue weighted by Crippen LogP contribution is 2.06. The number of hydrogen-bond acceptors (Lipinski definition) is 4. The SMILES string of the molecule is O=C([O-])Cn1nc2ccccc2n1. The summed E-state index contributed by atoms with van der Waals surface area (Å²) in [6.07, 6.45) is 0. The Kier molecular flexibility index (Phi) is 1.70. The van der Waals surface area contributed by atoms with E-state index in [1.165, 1.54) is 0 Å². The average molecular weight is 176 g/mol. The number of carbonyl (C=O) groups excluding carboxylic acids is 1. The highest BCUT2D eigenvalue weighted by molar-refractivity contribution is 5.73. The second-order valence-corrected chi connectivity index (χ2v) is 2.59. The Hall–Kier alpha value is -1.91. The molecule has 2 aromatic rings. The van der Waals surface area contributed by atoms with Crippen molar-refractivity contribution >= 4 is 17.0 Å². The molecular formula is C8H6N3O2-. The van der Waals surface area contributed by atoms with Crippen LogP contribution in [0.3, 0.4) is 0 Å². The van der Waals surface area contributed by atoms with Gasteiger partial charge in [0, 0.05) is 0 Å². The lowest BCUT2D eigenvalue weighted by atomic mass is 10.3. The van der Waals surface area contributed by atoms with Gasteiger partial charge in [0.2, 0.25) is 0 Å². The highest BCUT2D eigenvalue weighted by atomic mass is 16.4. The summed E-state index contributed by atoms with van der Waals surface area (Å²) in [4.78, 5) is 11.3. The number of fused-ring (bicyclic) bond motifs is 1. The molecule has 0 spiro atoms. The molecule has 1 aromatic heterocycles. The fourth-order valence-electron chi connectivity index (χ4n) is 1.09. The predicted octanol–water partition coefficient (Wildman–Crippen LogP) is -0.819. The summed E-state index contributed by atoms with van der Waals surface area (Å²) in [5, 5.41) is 18.1. The summed E-state index contributed by atoms with van der Waals surface area (Å²) < 4.78 is 0. The van der Waals surface area contributed by atoms with Crippen molar-refractivity contribution in [3.63, 3.8) is 0 Å². The Morgan fingerprint density at radius 1 is 1.31 bits per heavy atom. The van der Waals surface area contributed by atoms with Gasteiger partial charge >= 0.3 is 0 Å². The van der Waals surface area contributed by atoms with Crippen LogP contribution < -0.4 is 5.11 Å². The van der Waals surface area contributed by atoms with E-state index in [2.05, 4.69) is 10.2 Å². The maximum Gasteiger partial charge on any atom is 0.113 e. The van der Waals surface area contributed by atoms with Crippen LogP contribution in [0.25, 0.3) is 11.0 Å². The summed E-state index contributed by atoms with van der Waals surface area (Å²) in [6, 6.07) is 7.18. The van der Waals surface area contributed by atoms with Gasteiger partial charge in [-0.15, -0.1) is 0 Å². The zero-order chi connectivity index (χ0) is 9.26. The Bertz CT molecular complexity index is 416. The van der Waals surface area contributed by atoms with E-state index in [-0.39, 0.29) is 6.54 Å². The van der Waals surface area contributed by atoms with E-state index in [0.29, 0.717) is 11.0 Å². The van der Waals surface area contributed by atoms with Gasteiger partial charge in [0.1, 0.15) is 17.6 Å². The molecule has 0 unspecified atom stereocenters. The molecule has 0 fully saturated rings. The fourth-order valence-corrected chi connectivity index (χ4v) is 1.09. The zero-order valence-corrected chi connectivity index (χ0v) is 6.67.